The van der Waals surface area contributed by atoms with Crippen LogP contribution in [0.3, 0.4) is 0 Å². The predicted octanol–water partition coefficient (Wildman–Crippen LogP) is 4.88. The molecule has 0 aliphatic carbocycles. The van der Waals surface area contributed by atoms with Gasteiger partial charge in [0.05, 0.1) is 0 Å². The predicted molar refractivity (Wildman–Crippen MR) is 91.0 cm³/mol. The van der Waals surface area contributed by atoms with Crippen molar-refractivity contribution in [1.82, 2.24) is 5.32 Å². The fourth-order valence-corrected chi connectivity index (χ4v) is 2.17. The Hall–Kier alpha value is -0.640. The lowest BCUT2D eigenvalue weighted by molar-refractivity contribution is -0.121. The molecule has 2 N–H and O–H groups in total. The largest absolute Gasteiger partial charge is 0.362 e. The van der Waals surface area contributed by atoms with Crippen LogP contribution in [0.25, 0.3) is 0 Å². The van der Waals surface area contributed by atoms with Crippen LogP contribution in [0.2, 0.25) is 0 Å². The Balaban J connectivity index is 2.53. The summed E-state index contributed by atoms with van der Waals surface area (Å²) in [5.41, 5.74) is 0.778. The molecule has 6 heteroatoms. The van der Waals surface area contributed by atoms with Crippen molar-refractivity contribution in [2.45, 2.75) is 49.0 Å². The fraction of sp³-hybridized carbons (Fsp3) is 0.533. The Kier molecular flexibility index (Phi) is 8.23. The van der Waals surface area contributed by atoms with Crippen LogP contribution in [0, 0.1) is 0 Å². The van der Waals surface area contributed by atoms with Gasteiger partial charge in [0.1, 0.15) is 6.17 Å². The first kappa shape index (κ1) is 18.4. The number of nitrogens with one attached hydrogen (secondary N) is 2. The summed E-state index contributed by atoms with van der Waals surface area (Å²) in [5.74, 6) is -0.120. The number of hydrogen-bond donors (Lipinski definition) is 2. The highest BCUT2D eigenvalue weighted by molar-refractivity contribution is 6.68. The third kappa shape index (κ3) is 7.79. The Morgan fingerprint density at radius 3 is 2.38 bits per heavy atom. The lowest BCUT2D eigenvalue weighted by atomic mass is 10.1. The van der Waals surface area contributed by atoms with Gasteiger partial charge in [-0.25, -0.2) is 0 Å². The third-order valence-electron chi connectivity index (χ3n) is 2.97. The van der Waals surface area contributed by atoms with Crippen molar-refractivity contribution in [3.05, 3.63) is 30.3 Å². The standard InChI is InChI=1S/C15H21Cl3N2O/c1-2-3-4-8-11-13(21)20-14(15(16,17)18)19-12-9-6-5-7-10-12/h5-7,9-10,14,19H,2-4,8,11H2,1H3,(H,20,21)/t14-/m0/s1. The van der Waals surface area contributed by atoms with Gasteiger partial charge in [0.25, 0.3) is 0 Å². The number of halogens is 3. The second kappa shape index (κ2) is 9.39. The number of amides is 1. The first-order valence-corrected chi connectivity index (χ1v) is 8.24. The molecular formula is C15H21Cl3N2O. The lowest BCUT2D eigenvalue weighted by Crippen LogP contribution is -2.49. The van der Waals surface area contributed by atoms with Gasteiger partial charge >= 0.3 is 0 Å². The normalized spacial score (nSPS) is 12.8. The Morgan fingerprint density at radius 1 is 1.14 bits per heavy atom. The summed E-state index contributed by atoms with van der Waals surface area (Å²) in [7, 11) is 0. The topological polar surface area (TPSA) is 41.1 Å². The maximum Gasteiger partial charge on any atom is 0.228 e. The van der Waals surface area contributed by atoms with E-state index in [1.54, 1.807) is 0 Å². The number of carbonyl (C=O) groups is 1. The van der Waals surface area contributed by atoms with Crippen molar-refractivity contribution in [3.63, 3.8) is 0 Å². The van der Waals surface area contributed by atoms with Gasteiger partial charge in [0, 0.05) is 12.1 Å². The average Bonchev–Trinajstić information content (AvgIpc) is 2.43. The second-order valence-corrected chi connectivity index (χ2v) is 7.23. The molecule has 0 aromatic heterocycles. The molecule has 0 aliphatic heterocycles. The van der Waals surface area contributed by atoms with Crippen LogP contribution >= 0.6 is 34.8 Å². The van der Waals surface area contributed by atoms with Gasteiger partial charge in [-0.15, -0.1) is 0 Å². The molecule has 0 aliphatic rings. The van der Waals surface area contributed by atoms with E-state index in [1.165, 1.54) is 0 Å². The molecule has 1 aromatic rings. The quantitative estimate of drug-likeness (QED) is 0.398. The number of carbonyl (C=O) groups excluding carboxylic acids is 1. The van der Waals surface area contributed by atoms with E-state index in [0.717, 1.165) is 31.4 Å². The summed E-state index contributed by atoms with van der Waals surface area (Å²) < 4.78 is -1.63. The summed E-state index contributed by atoms with van der Waals surface area (Å²) in [5, 5.41) is 5.76. The molecule has 21 heavy (non-hydrogen) atoms. The summed E-state index contributed by atoms with van der Waals surface area (Å²) in [6, 6.07) is 9.31. The minimum absolute atomic E-state index is 0.120. The summed E-state index contributed by atoms with van der Waals surface area (Å²) >= 11 is 17.8. The van der Waals surface area contributed by atoms with Crippen molar-refractivity contribution in [3.8, 4) is 0 Å². The zero-order chi connectivity index (χ0) is 15.7. The van der Waals surface area contributed by atoms with E-state index in [-0.39, 0.29) is 5.91 Å². The van der Waals surface area contributed by atoms with Gasteiger partial charge in [0.15, 0.2) is 0 Å². The van der Waals surface area contributed by atoms with E-state index in [2.05, 4.69) is 17.6 Å². The fourth-order valence-electron chi connectivity index (χ4n) is 1.85. The number of para-hydroxylation sites is 1. The molecule has 1 aromatic carbocycles. The molecule has 0 radical (unpaired) electrons. The van der Waals surface area contributed by atoms with E-state index < -0.39 is 9.96 Å². The van der Waals surface area contributed by atoms with Crippen LogP contribution in [0.1, 0.15) is 39.0 Å². The lowest BCUT2D eigenvalue weighted by Gasteiger charge is -2.27. The monoisotopic (exact) mass is 350 g/mol. The van der Waals surface area contributed by atoms with Gasteiger partial charge in [-0.1, -0.05) is 79.2 Å². The molecule has 0 bridgehead atoms. The molecule has 118 valence electrons. The molecule has 0 saturated carbocycles. The zero-order valence-electron chi connectivity index (χ0n) is 12.0. The van der Waals surface area contributed by atoms with Gasteiger partial charge in [-0.05, 0) is 18.6 Å². The summed E-state index contributed by atoms with van der Waals surface area (Å²) in [6.07, 6.45) is 3.81. The summed E-state index contributed by atoms with van der Waals surface area (Å²) in [4.78, 5) is 11.9. The molecule has 0 unspecified atom stereocenters. The third-order valence-corrected chi connectivity index (χ3v) is 3.63. The molecule has 1 rings (SSSR count). The van der Waals surface area contributed by atoms with E-state index in [9.17, 15) is 4.79 Å². The number of benzene rings is 1. The smallest absolute Gasteiger partial charge is 0.228 e. The van der Waals surface area contributed by atoms with E-state index in [4.69, 9.17) is 34.8 Å². The molecule has 0 fully saturated rings. The SMILES string of the molecule is CCCCCCC(=O)N[C@H](Nc1ccccc1)C(Cl)(Cl)Cl. The number of hydrogen-bond acceptors (Lipinski definition) is 2. The van der Waals surface area contributed by atoms with Crippen molar-refractivity contribution < 1.29 is 4.79 Å². The second-order valence-electron chi connectivity index (χ2n) is 4.86. The van der Waals surface area contributed by atoms with Crippen LogP contribution in [-0.2, 0) is 4.79 Å². The molecule has 0 heterocycles. The molecule has 1 atom stereocenters. The number of unbranched alkanes of at least 4 members (excludes halogenated alkanes) is 3. The maximum absolute atomic E-state index is 11.9. The minimum atomic E-state index is -1.63. The van der Waals surface area contributed by atoms with Crippen molar-refractivity contribution >= 4 is 46.4 Å². The molecular weight excluding hydrogens is 331 g/mol. The molecule has 0 spiro atoms. The summed E-state index contributed by atoms with van der Waals surface area (Å²) in [6.45, 7) is 2.13. The number of alkyl halides is 3. The Morgan fingerprint density at radius 2 is 1.81 bits per heavy atom. The molecule has 3 nitrogen and oxygen atoms in total. The van der Waals surface area contributed by atoms with Crippen molar-refractivity contribution in [2.24, 2.45) is 0 Å². The zero-order valence-corrected chi connectivity index (χ0v) is 14.3. The highest BCUT2D eigenvalue weighted by Gasteiger charge is 2.33. The highest BCUT2D eigenvalue weighted by Crippen LogP contribution is 2.31. The molecule has 1 amide bonds. The maximum atomic E-state index is 11.9. The van der Waals surface area contributed by atoms with E-state index in [1.807, 2.05) is 30.3 Å². The van der Waals surface area contributed by atoms with Gasteiger partial charge in [-0.2, -0.15) is 0 Å². The Bertz CT molecular complexity index is 421. The van der Waals surface area contributed by atoms with Crippen molar-refractivity contribution in [2.75, 3.05) is 5.32 Å². The van der Waals surface area contributed by atoms with Crippen LogP contribution in [0.4, 0.5) is 5.69 Å². The van der Waals surface area contributed by atoms with Crippen LogP contribution in [0.5, 0.6) is 0 Å². The highest BCUT2D eigenvalue weighted by atomic mass is 35.6. The van der Waals surface area contributed by atoms with Crippen LogP contribution in [0.15, 0.2) is 30.3 Å². The average molecular weight is 352 g/mol. The van der Waals surface area contributed by atoms with Gasteiger partial charge < -0.3 is 10.6 Å². The van der Waals surface area contributed by atoms with Crippen molar-refractivity contribution in [1.29, 1.82) is 0 Å². The first-order chi connectivity index (χ1) is 9.93. The van der Waals surface area contributed by atoms with Gasteiger partial charge in [-0.3, -0.25) is 4.79 Å². The molecule has 0 saturated heterocycles. The number of rotatable bonds is 8. The minimum Gasteiger partial charge on any atom is -0.362 e. The van der Waals surface area contributed by atoms with Crippen LogP contribution in [-0.4, -0.2) is 15.9 Å². The van der Waals surface area contributed by atoms with E-state index in [0.29, 0.717) is 6.42 Å². The van der Waals surface area contributed by atoms with E-state index >= 15 is 0 Å². The Labute approximate surface area is 141 Å². The van der Waals surface area contributed by atoms with Crippen LogP contribution < -0.4 is 10.6 Å². The number of anilines is 1. The van der Waals surface area contributed by atoms with Gasteiger partial charge in [0.2, 0.25) is 9.70 Å². The first-order valence-electron chi connectivity index (χ1n) is 7.11.